The smallest absolute Gasteiger partial charge is 0.230 e. The van der Waals surface area contributed by atoms with Crippen LogP contribution in [-0.2, 0) is 16.1 Å². The number of thioether (sulfide) groups is 1. The summed E-state index contributed by atoms with van der Waals surface area (Å²) in [7, 11) is 0. The fourth-order valence-corrected chi connectivity index (χ4v) is 4.30. The molecule has 7 nitrogen and oxygen atoms in total. The largest absolute Gasteiger partial charge is 0.356 e. The average molecular weight is 456 g/mol. The van der Waals surface area contributed by atoms with Crippen LogP contribution in [0.15, 0.2) is 35.4 Å². The van der Waals surface area contributed by atoms with Crippen LogP contribution < -0.4 is 15.5 Å². The van der Waals surface area contributed by atoms with Gasteiger partial charge in [-0.3, -0.25) is 9.59 Å². The Morgan fingerprint density at radius 3 is 2.69 bits per heavy atom. The molecule has 1 fully saturated rings. The highest BCUT2D eigenvalue weighted by Crippen LogP contribution is 2.23. The number of piperidine rings is 1. The first-order chi connectivity index (χ1) is 15.5. The van der Waals surface area contributed by atoms with Crippen molar-refractivity contribution in [2.75, 3.05) is 30.3 Å². The number of amides is 2. The second-order valence-corrected chi connectivity index (χ2v) is 9.29. The molecule has 1 aliphatic heterocycles. The Hall–Kier alpha value is -2.61. The van der Waals surface area contributed by atoms with Crippen molar-refractivity contribution in [2.45, 2.75) is 51.6 Å². The molecule has 172 valence electrons. The molecule has 0 radical (unpaired) electrons. The summed E-state index contributed by atoms with van der Waals surface area (Å²) in [6, 6.07) is 10.0. The van der Waals surface area contributed by atoms with Crippen LogP contribution in [0.5, 0.6) is 0 Å². The molecule has 3 rings (SSSR count). The van der Waals surface area contributed by atoms with Crippen LogP contribution in [0, 0.1) is 19.8 Å². The van der Waals surface area contributed by atoms with E-state index in [-0.39, 0.29) is 17.7 Å². The van der Waals surface area contributed by atoms with Crippen molar-refractivity contribution in [3.05, 3.63) is 47.0 Å². The van der Waals surface area contributed by atoms with Crippen LogP contribution in [0.1, 0.15) is 42.9 Å². The lowest BCUT2D eigenvalue weighted by atomic mass is 9.97. The van der Waals surface area contributed by atoms with Crippen LogP contribution in [0.25, 0.3) is 0 Å². The lowest BCUT2D eigenvalue weighted by molar-refractivity contribution is -0.125. The van der Waals surface area contributed by atoms with Gasteiger partial charge in [-0.25, -0.2) is 0 Å². The summed E-state index contributed by atoms with van der Waals surface area (Å²) in [6.45, 7) is 8.99. The van der Waals surface area contributed by atoms with Gasteiger partial charge in [0.05, 0.1) is 11.7 Å². The molecule has 2 aromatic rings. The molecule has 2 amide bonds. The highest BCUT2D eigenvalue weighted by atomic mass is 32.2. The predicted molar refractivity (Wildman–Crippen MR) is 129 cm³/mol. The minimum Gasteiger partial charge on any atom is -0.356 e. The third-order valence-corrected chi connectivity index (χ3v) is 6.62. The van der Waals surface area contributed by atoms with Gasteiger partial charge < -0.3 is 15.5 Å². The second-order valence-electron chi connectivity index (χ2n) is 8.29. The van der Waals surface area contributed by atoms with Gasteiger partial charge in [0.15, 0.2) is 5.82 Å². The zero-order valence-electron chi connectivity index (χ0n) is 19.2. The van der Waals surface area contributed by atoms with E-state index in [0.29, 0.717) is 23.9 Å². The van der Waals surface area contributed by atoms with Crippen LogP contribution in [-0.4, -0.2) is 47.4 Å². The fourth-order valence-electron chi connectivity index (χ4n) is 3.66. The average Bonchev–Trinajstić information content (AvgIpc) is 2.82. The summed E-state index contributed by atoms with van der Waals surface area (Å²) in [6.07, 6.45) is 2.81. The number of hydrogen-bond acceptors (Lipinski definition) is 6. The number of benzene rings is 1. The summed E-state index contributed by atoms with van der Waals surface area (Å²) in [5, 5.41) is 15.3. The van der Waals surface area contributed by atoms with Gasteiger partial charge in [0.2, 0.25) is 11.8 Å². The molecular weight excluding hydrogens is 422 g/mol. The summed E-state index contributed by atoms with van der Waals surface area (Å²) < 4.78 is 0. The maximum Gasteiger partial charge on any atom is 0.230 e. The van der Waals surface area contributed by atoms with E-state index in [1.165, 1.54) is 22.9 Å². The van der Waals surface area contributed by atoms with E-state index in [9.17, 15) is 9.59 Å². The number of rotatable bonds is 9. The van der Waals surface area contributed by atoms with E-state index in [0.717, 1.165) is 43.7 Å². The van der Waals surface area contributed by atoms with E-state index in [1.807, 2.05) is 18.2 Å². The van der Waals surface area contributed by atoms with Gasteiger partial charge in [-0.2, -0.15) is 0 Å². The molecule has 0 bridgehead atoms. The molecule has 1 aromatic heterocycles. The Bertz CT molecular complexity index is 919. The number of nitrogens with one attached hydrogen (secondary N) is 2. The van der Waals surface area contributed by atoms with Gasteiger partial charge in [0.25, 0.3) is 0 Å². The highest BCUT2D eigenvalue weighted by Gasteiger charge is 2.26. The molecule has 2 heterocycles. The monoisotopic (exact) mass is 455 g/mol. The van der Waals surface area contributed by atoms with Gasteiger partial charge >= 0.3 is 0 Å². The van der Waals surface area contributed by atoms with Crippen molar-refractivity contribution in [2.24, 2.45) is 5.92 Å². The van der Waals surface area contributed by atoms with Crippen molar-refractivity contribution in [1.82, 2.24) is 20.8 Å². The van der Waals surface area contributed by atoms with Crippen molar-refractivity contribution in [3.8, 4) is 0 Å². The first-order valence-corrected chi connectivity index (χ1v) is 12.3. The molecule has 1 atom stereocenters. The van der Waals surface area contributed by atoms with Crippen molar-refractivity contribution in [1.29, 1.82) is 0 Å². The fraction of sp³-hybridized carbons (Fsp3) is 0.500. The molecule has 1 aromatic carbocycles. The van der Waals surface area contributed by atoms with Crippen LogP contribution in [0.4, 0.5) is 5.82 Å². The first kappa shape index (κ1) is 24.0. The maximum atomic E-state index is 12.3. The molecule has 1 aliphatic rings. The number of anilines is 1. The first-order valence-electron chi connectivity index (χ1n) is 11.3. The molecule has 0 spiro atoms. The van der Waals surface area contributed by atoms with E-state index >= 15 is 0 Å². The van der Waals surface area contributed by atoms with Crippen molar-refractivity contribution < 1.29 is 9.59 Å². The van der Waals surface area contributed by atoms with E-state index in [4.69, 9.17) is 0 Å². The van der Waals surface area contributed by atoms with Gasteiger partial charge in [-0.15, -0.1) is 10.2 Å². The predicted octanol–water partition coefficient (Wildman–Crippen LogP) is 3.24. The normalized spacial score (nSPS) is 16.0. The topological polar surface area (TPSA) is 87.2 Å². The molecule has 8 heteroatoms. The minimum atomic E-state index is -0.0314. The number of hydrogen-bond donors (Lipinski definition) is 2. The molecule has 0 saturated carbocycles. The van der Waals surface area contributed by atoms with Gasteiger partial charge in [-0.1, -0.05) is 36.9 Å². The van der Waals surface area contributed by atoms with Crippen LogP contribution >= 0.6 is 11.8 Å². The summed E-state index contributed by atoms with van der Waals surface area (Å²) in [5.41, 5.74) is 3.57. The Morgan fingerprint density at radius 1 is 1.12 bits per heavy atom. The van der Waals surface area contributed by atoms with E-state index < -0.39 is 0 Å². The minimum absolute atomic E-state index is 0.00726. The van der Waals surface area contributed by atoms with Crippen LogP contribution in [0.2, 0.25) is 0 Å². The van der Waals surface area contributed by atoms with Gasteiger partial charge in [-0.05, 0) is 61.9 Å². The Kier molecular flexibility index (Phi) is 8.90. The Balaban J connectivity index is 1.45. The highest BCUT2D eigenvalue weighted by molar-refractivity contribution is 7.99. The number of carbonyl (C=O) groups is 2. The van der Waals surface area contributed by atoms with Crippen molar-refractivity contribution >= 4 is 29.4 Å². The summed E-state index contributed by atoms with van der Waals surface area (Å²) in [5.74, 6) is 1.16. The third-order valence-electron chi connectivity index (χ3n) is 5.70. The molecular formula is C24H33N5O2S. The Morgan fingerprint density at radius 2 is 1.97 bits per heavy atom. The second kappa shape index (κ2) is 11.9. The molecule has 32 heavy (non-hydrogen) atoms. The molecule has 0 aliphatic carbocycles. The zero-order valence-corrected chi connectivity index (χ0v) is 20.0. The lowest BCUT2D eigenvalue weighted by Gasteiger charge is -2.32. The van der Waals surface area contributed by atoms with E-state index in [2.05, 4.69) is 58.6 Å². The molecule has 1 saturated heterocycles. The van der Waals surface area contributed by atoms with Crippen LogP contribution in [0.3, 0.4) is 0 Å². The summed E-state index contributed by atoms with van der Waals surface area (Å²) >= 11 is 1.37. The maximum absolute atomic E-state index is 12.3. The number of nitrogens with zero attached hydrogens (tertiary/aromatic N) is 3. The number of aromatic nitrogens is 2. The quantitative estimate of drug-likeness (QED) is 0.565. The number of carbonyl (C=O) groups excluding carboxylic acids is 2. The Labute approximate surface area is 194 Å². The summed E-state index contributed by atoms with van der Waals surface area (Å²) in [4.78, 5) is 26.6. The lowest BCUT2D eigenvalue weighted by Crippen LogP contribution is -2.43. The SMILES string of the molecule is CCCNC(=O)[C@H]1CCCN(c2ccc(SCC(=O)NCc3ccc(C)c(C)c3)nn2)C1. The molecule has 0 unspecified atom stereocenters. The zero-order chi connectivity index (χ0) is 22.9. The van der Waals surface area contributed by atoms with Crippen molar-refractivity contribution in [3.63, 3.8) is 0 Å². The number of aryl methyl sites for hydroxylation is 2. The van der Waals surface area contributed by atoms with Gasteiger partial charge in [0, 0.05) is 26.2 Å². The van der Waals surface area contributed by atoms with Gasteiger partial charge in [0.1, 0.15) is 5.03 Å². The van der Waals surface area contributed by atoms with E-state index in [1.54, 1.807) is 0 Å². The third kappa shape index (κ3) is 6.95. The standard InChI is InChI=1S/C24H33N5O2S/c1-4-11-25-24(31)20-6-5-12-29(15-20)21-9-10-23(28-27-21)32-16-22(30)26-14-19-8-7-17(2)18(3)13-19/h7-10,13,20H,4-6,11-12,14-16H2,1-3H3,(H,25,31)(H,26,30)/t20-/m0/s1. The molecule has 2 N–H and O–H groups in total.